The van der Waals surface area contributed by atoms with Gasteiger partial charge in [0.1, 0.15) is 5.70 Å². The van der Waals surface area contributed by atoms with Crippen molar-refractivity contribution in [3.05, 3.63) is 65.9 Å². The molecule has 27 heavy (non-hydrogen) atoms. The van der Waals surface area contributed by atoms with E-state index in [1.807, 2.05) is 55.9 Å². The molecule has 140 valence electrons. The van der Waals surface area contributed by atoms with Crippen LogP contribution in [0.5, 0.6) is 0 Å². The third-order valence-corrected chi connectivity index (χ3v) is 4.50. The zero-order valence-electron chi connectivity index (χ0n) is 15.7. The summed E-state index contributed by atoms with van der Waals surface area (Å²) in [6, 6.07) is 11.1. The minimum Gasteiger partial charge on any atom is -0.459 e. The van der Waals surface area contributed by atoms with Crippen LogP contribution in [0.4, 0.5) is 0 Å². The number of benzene rings is 1. The molecule has 3 rings (SSSR count). The number of likely N-dealkylation sites (N-methyl/N-ethyl adjacent to an activating group) is 1. The number of nitrogens with zero attached hydrogens (tertiary/aromatic N) is 2. The van der Waals surface area contributed by atoms with Gasteiger partial charge in [-0.15, -0.1) is 0 Å². The van der Waals surface area contributed by atoms with Gasteiger partial charge < -0.3 is 19.2 Å². The largest absolute Gasteiger partial charge is 0.459 e. The highest BCUT2D eigenvalue weighted by atomic mass is 16.3. The second-order valence-electron chi connectivity index (χ2n) is 6.18. The lowest BCUT2D eigenvalue weighted by atomic mass is 10.1. The highest BCUT2D eigenvalue weighted by molar-refractivity contribution is 6.05. The molecule has 0 aliphatic carbocycles. The number of fused-ring (bicyclic) bond motifs is 1. The van der Waals surface area contributed by atoms with Gasteiger partial charge in [-0.2, -0.15) is 0 Å². The number of hydrogen-bond donors (Lipinski definition) is 1. The molecule has 2 aromatic heterocycles. The Labute approximate surface area is 158 Å². The third kappa shape index (κ3) is 3.79. The van der Waals surface area contributed by atoms with Crippen molar-refractivity contribution in [2.45, 2.75) is 13.8 Å². The van der Waals surface area contributed by atoms with Crippen molar-refractivity contribution in [2.24, 2.45) is 7.05 Å². The average molecular weight is 365 g/mol. The Balaban J connectivity index is 2.03. The smallest absolute Gasteiger partial charge is 0.291 e. The van der Waals surface area contributed by atoms with E-state index in [9.17, 15) is 9.59 Å². The van der Waals surface area contributed by atoms with E-state index in [2.05, 4.69) is 5.32 Å². The number of hydrogen-bond acceptors (Lipinski definition) is 3. The van der Waals surface area contributed by atoms with Crippen molar-refractivity contribution < 1.29 is 14.0 Å². The van der Waals surface area contributed by atoms with Crippen LogP contribution in [0.2, 0.25) is 0 Å². The van der Waals surface area contributed by atoms with Crippen LogP contribution in [0, 0.1) is 0 Å². The molecule has 1 aromatic carbocycles. The lowest BCUT2D eigenvalue weighted by Gasteiger charge is -2.20. The van der Waals surface area contributed by atoms with Gasteiger partial charge >= 0.3 is 0 Å². The Morgan fingerprint density at radius 1 is 1.15 bits per heavy atom. The molecule has 0 aliphatic rings. The fraction of sp³-hybridized carbons (Fsp3) is 0.238. The molecular formula is C21H23N3O3. The Bertz CT molecular complexity index is 979. The average Bonchev–Trinajstić information content (AvgIpc) is 3.31. The fourth-order valence-corrected chi connectivity index (χ4v) is 3.07. The first-order valence-electron chi connectivity index (χ1n) is 8.95. The molecule has 2 amide bonds. The van der Waals surface area contributed by atoms with Gasteiger partial charge in [-0.3, -0.25) is 9.59 Å². The van der Waals surface area contributed by atoms with Crippen LogP contribution in [0.15, 0.2) is 59.0 Å². The lowest BCUT2D eigenvalue weighted by Crippen LogP contribution is -2.38. The summed E-state index contributed by atoms with van der Waals surface area (Å²) in [5.41, 5.74) is 2.13. The van der Waals surface area contributed by atoms with Gasteiger partial charge in [0.05, 0.1) is 6.26 Å². The number of rotatable bonds is 6. The SMILES string of the molecule is CCN(CC)C(=O)/C(=C/c1cn(C)c2ccccc12)NC(=O)c1ccco1. The summed E-state index contributed by atoms with van der Waals surface area (Å²) in [5, 5.41) is 3.73. The highest BCUT2D eigenvalue weighted by Gasteiger charge is 2.20. The second kappa shape index (κ2) is 7.95. The quantitative estimate of drug-likeness (QED) is 0.681. The molecular weight excluding hydrogens is 342 g/mol. The maximum atomic E-state index is 13.0. The topological polar surface area (TPSA) is 67.5 Å². The van der Waals surface area contributed by atoms with E-state index in [0.717, 1.165) is 16.5 Å². The summed E-state index contributed by atoms with van der Waals surface area (Å²) in [6.45, 7) is 4.92. The van der Waals surface area contributed by atoms with E-state index in [4.69, 9.17) is 4.42 Å². The van der Waals surface area contributed by atoms with Gasteiger partial charge in [-0.25, -0.2) is 0 Å². The number of nitrogens with one attached hydrogen (secondary N) is 1. The number of aromatic nitrogens is 1. The van der Waals surface area contributed by atoms with E-state index in [0.29, 0.717) is 13.1 Å². The van der Waals surface area contributed by atoms with E-state index >= 15 is 0 Å². The van der Waals surface area contributed by atoms with Crippen LogP contribution < -0.4 is 5.32 Å². The molecule has 0 fully saturated rings. The van der Waals surface area contributed by atoms with Crippen LogP contribution in [0.1, 0.15) is 30.0 Å². The van der Waals surface area contributed by atoms with Crippen molar-refractivity contribution >= 4 is 28.8 Å². The van der Waals surface area contributed by atoms with E-state index in [-0.39, 0.29) is 17.4 Å². The van der Waals surface area contributed by atoms with Crippen molar-refractivity contribution in [3.63, 3.8) is 0 Å². The fourth-order valence-electron chi connectivity index (χ4n) is 3.07. The molecule has 0 atom stereocenters. The molecule has 1 N–H and O–H groups in total. The summed E-state index contributed by atoms with van der Waals surface area (Å²) >= 11 is 0. The number of carbonyl (C=O) groups excluding carboxylic acids is 2. The molecule has 6 nitrogen and oxygen atoms in total. The Morgan fingerprint density at radius 3 is 2.56 bits per heavy atom. The molecule has 0 saturated carbocycles. The van der Waals surface area contributed by atoms with Crippen LogP contribution in [-0.2, 0) is 11.8 Å². The van der Waals surface area contributed by atoms with Crippen molar-refractivity contribution in [1.29, 1.82) is 0 Å². The van der Waals surface area contributed by atoms with Gasteiger partial charge in [0.2, 0.25) is 0 Å². The number of amides is 2. The molecule has 0 unspecified atom stereocenters. The number of aryl methyl sites for hydroxylation is 1. The summed E-state index contributed by atoms with van der Waals surface area (Å²) in [5.74, 6) is -0.522. The molecule has 2 heterocycles. The molecule has 0 aliphatic heterocycles. The molecule has 6 heteroatoms. The zero-order chi connectivity index (χ0) is 19.4. The van der Waals surface area contributed by atoms with E-state index in [1.54, 1.807) is 23.1 Å². The first-order chi connectivity index (χ1) is 13.0. The molecule has 3 aromatic rings. The summed E-state index contributed by atoms with van der Waals surface area (Å²) < 4.78 is 7.14. The summed E-state index contributed by atoms with van der Waals surface area (Å²) in [4.78, 5) is 27.1. The predicted octanol–water partition coefficient (Wildman–Crippen LogP) is 3.41. The maximum Gasteiger partial charge on any atom is 0.291 e. The van der Waals surface area contributed by atoms with Crippen LogP contribution in [-0.4, -0.2) is 34.4 Å². The second-order valence-corrected chi connectivity index (χ2v) is 6.18. The Kier molecular flexibility index (Phi) is 5.45. The van der Waals surface area contributed by atoms with Crippen molar-refractivity contribution in [2.75, 3.05) is 13.1 Å². The first kappa shape index (κ1) is 18.5. The number of furan rings is 1. The third-order valence-electron chi connectivity index (χ3n) is 4.50. The molecule has 0 saturated heterocycles. The standard InChI is InChI=1S/C21H23N3O3/c1-4-24(5-2)21(26)17(22-20(25)19-11-8-12-27-19)13-15-14-23(3)18-10-7-6-9-16(15)18/h6-14H,4-5H2,1-3H3,(H,22,25)/b17-13-. The van der Waals surface area contributed by atoms with E-state index in [1.165, 1.54) is 6.26 Å². The monoisotopic (exact) mass is 365 g/mol. The molecule has 0 bridgehead atoms. The minimum absolute atomic E-state index is 0.158. The van der Waals surface area contributed by atoms with Crippen LogP contribution in [0.25, 0.3) is 17.0 Å². The molecule has 0 spiro atoms. The maximum absolute atomic E-state index is 13.0. The summed E-state index contributed by atoms with van der Waals surface area (Å²) in [6.07, 6.45) is 5.10. The normalized spacial score (nSPS) is 11.6. The van der Waals surface area contributed by atoms with Gasteiger partial charge in [0.15, 0.2) is 5.76 Å². The highest BCUT2D eigenvalue weighted by Crippen LogP contribution is 2.22. The van der Waals surface area contributed by atoms with Crippen molar-refractivity contribution in [1.82, 2.24) is 14.8 Å². The minimum atomic E-state index is -0.452. The Morgan fingerprint density at radius 2 is 1.89 bits per heavy atom. The van der Waals surface area contributed by atoms with Gasteiger partial charge in [-0.1, -0.05) is 18.2 Å². The van der Waals surface area contributed by atoms with E-state index < -0.39 is 5.91 Å². The zero-order valence-corrected chi connectivity index (χ0v) is 15.7. The Hall–Kier alpha value is -3.28. The lowest BCUT2D eigenvalue weighted by molar-refractivity contribution is -0.127. The van der Waals surface area contributed by atoms with Crippen LogP contribution >= 0.6 is 0 Å². The van der Waals surface area contributed by atoms with Gasteiger partial charge in [0.25, 0.3) is 11.8 Å². The van der Waals surface area contributed by atoms with Gasteiger partial charge in [0, 0.05) is 42.8 Å². The van der Waals surface area contributed by atoms with Crippen molar-refractivity contribution in [3.8, 4) is 0 Å². The molecule has 0 radical (unpaired) electrons. The van der Waals surface area contributed by atoms with Crippen LogP contribution in [0.3, 0.4) is 0 Å². The number of para-hydroxylation sites is 1. The predicted molar refractivity (Wildman–Crippen MR) is 105 cm³/mol. The van der Waals surface area contributed by atoms with Gasteiger partial charge in [-0.05, 0) is 38.1 Å². The number of carbonyl (C=O) groups is 2. The first-order valence-corrected chi connectivity index (χ1v) is 8.95. The summed E-state index contributed by atoms with van der Waals surface area (Å²) in [7, 11) is 1.95.